The number of carbonyl (C=O) groups is 5. The van der Waals surface area contributed by atoms with Crippen molar-refractivity contribution in [2.24, 2.45) is 27.9 Å². The highest BCUT2D eigenvalue weighted by molar-refractivity contribution is 7.13. The maximum atomic E-state index is 14.5. The van der Waals surface area contributed by atoms with Gasteiger partial charge in [0.2, 0.25) is 17.7 Å². The number of aromatic nitrogens is 1. The Bertz CT molecular complexity index is 2680. The molecular weight excluding hydrogens is 992 g/mol. The lowest BCUT2D eigenvalue weighted by molar-refractivity contribution is -0.164. The van der Waals surface area contributed by atoms with Gasteiger partial charge in [-0.3, -0.25) is 24.0 Å². The standard InChI is InChI=1S/C57H75ClN8O8S/c1-33(2)46(60)52(71)73-42-28-44(50(69)63-34(3)36-15-17-37(18-16-36)47-35(4)62-32-75-47)66(30-42)51(70)48(55(5,6)7)64-45(67)31-72-26-14-12-13-25-61-40-22-19-38(20-23-40)49(68)65-53-56(8,9)54(57(53,10)11)74-41-24-21-39(29-59)43(58)27-41/h15-24,27,32-34,42,44,46,48,53-54,61H,12-14,25-26,28,30-31,60H2,1-11H3,(H,63,69)(H,64,67)(H,65,68)/t34-,42+,44-,46-,48+,53?,54?/m0/s1. The first-order valence-electron chi connectivity index (χ1n) is 25.8. The van der Waals surface area contributed by atoms with E-state index in [9.17, 15) is 29.2 Å². The Hall–Kier alpha value is -6.06. The summed E-state index contributed by atoms with van der Waals surface area (Å²) in [5, 5.41) is 22.1. The fraction of sp³-hybridized carbons (Fsp3) is 0.526. The van der Waals surface area contributed by atoms with Gasteiger partial charge in [0.1, 0.15) is 48.8 Å². The molecule has 4 aromatic rings. The molecule has 1 aliphatic carbocycles. The monoisotopic (exact) mass is 1070 g/mol. The van der Waals surface area contributed by atoms with Crippen LogP contribution in [0, 0.1) is 40.4 Å². The number of nitrogens with two attached hydrogens (primary N) is 1. The Morgan fingerprint density at radius 2 is 1.63 bits per heavy atom. The molecule has 3 aromatic carbocycles. The number of unbranched alkanes of at least 4 members (excludes halogenated alkanes) is 2. The van der Waals surface area contributed by atoms with Crippen LogP contribution in [0.2, 0.25) is 5.02 Å². The Morgan fingerprint density at radius 1 is 0.947 bits per heavy atom. The number of ether oxygens (including phenoxy) is 3. The van der Waals surface area contributed by atoms with Crippen LogP contribution >= 0.6 is 22.9 Å². The number of nitriles is 1. The average molecular weight is 1070 g/mol. The maximum absolute atomic E-state index is 14.5. The van der Waals surface area contributed by atoms with Crippen molar-refractivity contribution in [1.29, 1.82) is 5.26 Å². The number of nitrogens with zero attached hydrogens (tertiary/aromatic N) is 3. The zero-order valence-corrected chi connectivity index (χ0v) is 46.7. The molecule has 18 heteroatoms. The van der Waals surface area contributed by atoms with Crippen molar-refractivity contribution >= 4 is 58.2 Å². The predicted molar refractivity (Wildman–Crippen MR) is 292 cm³/mol. The van der Waals surface area contributed by atoms with E-state index < -0.39 is 59.4 Å². The number of halogens is 1. The third-order valence-electron chi connectivity index (χ3n) is 14.4. The van der Waals surface area contributed by atoms with E-state index in [2.05, 4.69) is 60.0 Å². The molecule has 4 amide bonds. The number of esters is 1. The predicted octanol–water partition coefficient (Wildman–Crippen LogP) is 8.76. The fourth-order valence-electron chi connectivity index (χ4n) is 10.3. The topological polar surface area (TPSA) is 227 Å². The molecular formula is C57H75ClN8O8S. The van der Waals surface area contributed by atoms with Gasteiger partial charge < -0.3 is 46.1 Å². The van der Waals surface area contributed by atoms with Crippen LogP contribution in [0.25, 0.3) is 10.4 Å². The van der Waals surface area contributed by atoms with Crippen LogP contribution in [0.3, 0.4) is 0 Å². The van der Waals surface area contributed by atoms with Gasteiger partial charge in [-0.05, 0) is 92.0 Å². The molecule has 0 spiro atoms. The molecule has 2 aliphatic rings. The number of anilines is 1. The van der Waals surface area contributed by atoms with E-state index in [1.807, 2.05) is 90.4 Å². The van der Waals surface area contributed by atoms with Gasteiger partial charge in [-0.15, -0.1) is 11.3 Å². The molecule has 1 saturated heterocycles. The SMILES string of the molecule is Cc1ncsc1-c1ccc([C@H](C)NC(=O)[C@@H]2C[C@@H](OC(=O)[C@@H](N)C(C)C)CN2C(=O)[C@@H](NC(=O)COCCCCCNc2ccc(C(=O)NC3C(C)(C)C(Oc4ccc(C#N)c(Cl)c4)C3(C)C)cc2)C(C)(C)C)cc1. The Kier molecular flexibility index (Phi) is 19.2. The van der Waals surface area contributed by atoms with Crippen molar-refractivity contribution < 1.29 is 38.2 Å². The van der Waals surface area contributed by atoms with Gasteiger partial charge >= 0.3 is 5.97 Å². The lowest BCUT2D eigenvalue weighted by atomic mass is 9.49. The molecule has 0 bridgehead atoms. The highest BCUT2D eigenvalue weighted by Gasteiger charge is 2.64. The van der Waals surface area contributed by atoms with Crippen LogP contribution in [0.1, 0.15) is 128 Å². The van der Waals surface area contributed by atoms with E-state index in [1.54, 1.807) is 41.7 Å². The number of hydrogen-bond donors (Lipinski definition) is 5. The summed E-state index contributed by atoms with van der Waals surface area (Å²) in [6, 6.07) is 18.9. The molecule has 1 aliphatic heterocycles. The van der Waals surface area contributed by atoms with Crippen LogP contribution in [-0.4, -0.2) is 102 Å². The van der Waals surface area contributed by atoms with Crippen molar-refractivity contribution in [3.8, 4) is 22.3 Å². The van der Waals surface area contributed by atoms with E-state index in [1.165, 1.54) is 4.90 Å². The van der Waals surface area contributed by atoms with Crippen LogP contribution in [0.4, 0.5) is 5.69 Å². The molecule has 5 atom stereocenters. The van der Waals surface area contributed by atoms with Gasteiger partial charge in [0, 0.05) is 53.8 Å². The molecule has 1 aromatic heterocycles. The summed E-state index contributed by atoms with van der Waals surface area (Å²) in [6.07, 6.45) is 1.44. The lowest BCUT2D eigenvalue weighted by Crippen LogP contribution is -2.74. The number of hydrogen-bond acceptors (Lipinski definition) is 13. The van der Waals surface area contributed by atoms with Gasteiger partial charge in [-0.25, -0.2) is 4.98 Å². The molecule has 0 unspecified atom stereocenters. The quantitative estimate of drug-likeness (QED) is 0.0368. The van der Waals surface area contributed by atoms with E-state index >= 15 is 0 Å². The highest BCUT2D eigenvalue weighted by Crippen LogP contribution is 2.55. The van der Waals surface area contributed by atoms with E-state index in [0.29, 0.717) is 41.5 Å². The van der Waals surface area contributed by atoms with Crippen molar-refractivity contribution in [3.63, 3.8) is 0 Å². The summed E-state index contributed by atoms with van der Waals surface area (Å²) in [4.78, 5) is 75.3. The van der Waals surface area contributed by atoms with Crippen molar-refractivity contribution in [2.75, 3.05) is 31.6 Å². The zero-order chi connectivity index (χ0) is 55.0. The number of carbonyl (C=O) groups excluding carboxylic acids is 5. The second-order valence-corrected chi connectivity index (χ2v) is 23.7. The summed E-state index contributed by atoms with van der Waals surface area (Å²) < 4.78 is 17.9. The summed E-state index contributed by atoms with van der Waals surface area (Å²) in [5.74, 6) is -1.73. The third kappa shape index (κ3) is 14.3. The largest absolute Gasteiger partial charge is 0.489 e. The van der Waals surface area contributed by atoms with Crippen molar-refractivity contribution in [1.82, 2.24) is 25.8 Å². The molecule has 75 heavy (non-hydrogen) atoms. The lowest BCUT2D eigenvalue weighted by Gasteiger charge is -2.63. The number of amides is 4. The Balaban J connectivity index is 0.943. The minimum absolute atomic E-state index is 0.0447. The summed E-state index contributed by atoms with van der Waals surface area (Å²) in [7, 11) is 0. The molecule has 0 radical (unpaired) electrons. The number of thiazole rings is 1. The van der Waals surface area contributed by atoms with E-state index in [0.717, 1.165) is 40.2 Å². The fourth-order valence-corrected chi connectivity index (χ4v) is 11.3. The van der Waals surface area contributed by atoms with Gasteiger partial charge in [0.25, 0.3) is 5.91 Å². The first-order valence-corrected chi connectivity index (χ1v) is 27.0. The van der Waals surface area contributed by atoms with E-state index in [4.69, 9.17) is 31.5 Å². The van der Waals surface area contributed by atoms with Gasteiger partial charge in [-0.2, -0.15) is 5.26 Å². The second kappa shape index (κ2) is 24.7. The summed E-state index contributed by atoms with van der Waals surface area (Å²) >= 11 is 7.81. The second-order valence-electron chi connectivity index (χ2n) is 22.5. The number of nitrogens with one attached hydrogen (secondary N) is 4. The zero-order valence-electron chi connectivity index (χ0n) is 45.2. The number of aryl methyl sites for hydroxylation is 1. The maximum Gasteiger partial charge on any atom is 0.323 e. The van der Waals surface area contributed by atoms with E-state index in [-0.39, 0.29) is 54.4 Å². The summed E-state index contributed by atoms with van der Waals surface area (Å²) in [5.41, 5.74) is 11.0. The minimum atomic E-state index is -1.02. The summed E-state index contributed by atoms with van der Waals surface area (Å²) in [6.45, 7) is 22.0. The van der Waals surface area contributed by atoms with Crippen LogP contribution in [0.5, 0.6) is 5.75 Å². The Morgan fingerprint density at radius 3 is 2.23 bits per heavy atom. The smallest absolute Gasteiger partial charge is 0.323 e. The van der Waals surface area contributed by atoms with Gasteiger partial charge in [-0.1, -0.05) is 98.2 Å². The molecule has 1 saturated carbocycles. The third-order valence-corrected chi connectivity index (χ3v) is 15.7. The Labute approximate surface area is 451 Å². The molecule has 2 fully saturated rings. The van der Waals surface area contributed by atoms with Crippen molar-refractivity contribution in [2.45, 2.75) is 144 Å². The highest BCUT2D eigenvalue weighted by atomic mass is 35.5. The first kappa shape index (κ1) is 58.2. The van der Waals surface area contributed by atoms with Gasteiger partial charge in [0.05, 0.1) is 39.3 Å². The normalized spacial score (nSPS) is 19.9. The molecule has 16 nitrogen and oxygen atoms in total. The van der Waals surface area contributed by atoms with Crippen LogP contribution in [-0.2, 0) is 28.7 Å². The average Bonchev–Trinajstić information content (AvgIpc) is 4.00. The molecule has 2 heterocycles. The number of likely N-dealkylation sites (tertiary alicyclic amines) is 1. The number of rotatable bonds is 22. The number of benzene rings is 3. The van der Waals surface area contributed by atoms with Crippen molar-refractivity contribution in [3.05, 3.63) is 99.6 Å². The molecule has 404 valence electrons. The van der Waals surface area contributed by atoms with Crippen LogP contribution < -0.4 is 31.7 Å². The minimum Gasteiger partial charge on any atom is -0.489 e. The van der Waals surface area contributed by atoms with Gasteiger partial charge in [0.15, 0.2) is 0 Å². The molecule has 6 rings (SSSR count). The molecule has 6 N–H and O–H groups in total. The van der Waals surface area contributed by atoms with Crippen LogP contribution in [0.15, 0.2) is 72.2 Å². The first-order chi connectivity index (χ1) is 35.3.